The van der Waals surface area contributed by atoms with E-state index >= 15 is 0 Å². The SMILES string of the molecule is COc1cc(Cl)c(C2(C(=O)O)CC2)c(OC)c1. The summed E-state index contributed by atoms with van der Waals surface area (Å²) in [6.45, 7) is 0. The van der Waals surface area contributed by atoms with E-state index in [1.807, 2.05) is 0 Å². The number of methoxy groups -OCH3 is 2. The van der Waals surface area contributed by atoms with Crippen molar-refractivity contribution in [1.29, 1.82) is 0 Å². The van der Waals surface area contributed by atoms with E-state index in [0.29, 0.717) is 34.9 Å². The molecule has 0 aliphatic heterocycles. The molecule has 2 rings (SSSR count). The Morgan fingerprint density at radius 2 is 2.00 bits per heavy atom. The van der Waals surface area contributed by atoms with Crippen molar-refractivity contribution in [3.63, 3.8) is 0 Å². The number of hydrogen-bond donors (Lipinski definition) is 1. The number of ether oxygens (including phenoxy) is 2. The lowest BCUT2D eigenvalue weighted by Gasteiger charge is -2.17. The summed E-state index contributed by atoms with van der Waals surface area (Å²) in [7, 11) is 3.02. The van der Waals surface area contributed by atoms with Crippen molar-refractivity contribution >= 4 is 17.6 Å². The molecule has 0 unspecified atom stereocenters. The van der Waals surface area contributed by atoms with Crippen LogP contribution < -0.4 is 9.47 Å². The number of carboxylic acid groups (broad SMARTS) is 1. The normalized spacial score (nSPS) is 16.4. The van der Waals surface area contributed by atoms with Crippen LogP contribution in [0.15, 0.2) is 12.1 Å². The number of aliphatic carboxylic acids is 1. The second-order valence-corrected chi connectivity index (χ2v) is 4.48. The van der Waals surface area contributed by atoms with Gasteiger partial charge in [-0.15, -0.1) is 0 Å². The second-order valence-electron chi connectivity index (χ2n) is 4.07. The predicted molar refractivity (Wildman–Crippen MR) is 63.1 cm³/mol. The third-order valence-corrected chi connectivity index (χ3v) is 3.42. The maximum absolute atomic E-state index is 11.3. The quantitative estimate of drug-likeness (QED) is 0.899. The third kappa shape index (κ3) is 1.82. The summed E-state index contributed by atoms with van der Waals surface area (Å²) in [5, 5.41) is 9.66. The molecule has 1 aliphatic rings. The second kappa shape index (κ2) is 4.11. The fourth-order valence-corrected chi connectivity index (χ4v) is 2.38. The minimum Gasteiger partial charge on any atom is -0.497 e. The minimum absolute atomic E-state index is 0.376. The molecule has 0 bridgehead atoms. The van der Waals surface area contributed by atoms with Crippen LogP contribution >= 0.6 is 11.6 Å². The Hall–Kier alpha value is -1.42. The van der Waals surface area contributed by atoms with E-state index in [1.165, 1.54) is 14.2 Å². The van der Waals surface area contributed by atoms with Gasteiger partial charge in [-0.05, 0) is 18.9 Å². The monoisotopic (exact) mass is 256 g/mol. The molecular formula is C12H13ClO4. The van der Waals surface area contributed by atoms with Gasteiger partial charge in [0.05, 0.1) is 24.7 Å². The highest BCUT2D eigenvalue weighted by Gasteiger charge is 2.54. The van der Waals surface area contributed by atoms with Crippen LogP contribution in [0.4, 0.5) is 0 Å². The van der Waals surface area contributed by atoms with Gasteiger partial charge in [0.15, 0.2) is 0 Å². The number of carboxylic acids is 1. The molecule has 0 radical (unpaired) electrons. The Labute approximate surface area is 104 Å². The topological polar surface area (TPSA) is 55.8 Å². The molecule has 1 saturated carbocycles. The maximum Gasteiger partial charge on any atom is 0.314 e. The van der Waals surface area contributed by atoms with Crippen LogP contribution in [0, 0.1) is 0 Å². The summed E-state index contributed by atoms with van der Waals surface area (Å²) >= 11 is 6.14. The first-order valence-corrected chi connectivity index (χ1v) is 5.58. The molecular weight excluding hydrogens is 244 g/mol. The molecule has 92 valence electrons. The van der Waals surface area contributed by atoms with Crippen molar-refractivity contribution < 1.29 is 19.4 Å². The van der Waals surface area contributed by atoms with Crippen molar-refractivity contribution in [3.05, 3.63) is 22.7 Å². The van der Waals surface area contributed by atoms with Gasteiger partial charge in [-0.3, -0.25) is 4.79 Å². The molecule has 0 heterocycles. The van der Waals surface area contributed by atoms with Gasteiger partial charge in [0.2, 0.25) is 0 Å². The van der Waals surface area contributed by atoms with Crippen molar-refractivity contribution in [2.24, 2.45) is 0 Å². The molecule has 1 aliphatic carbocycles. The molecule has 1 aromatic rings. The fourth-order valence-electron chi connectivity index (χ4n) is 2.00. The van der Waals surface area contributed by atoms with E-state index in [0.717, 1.165) is 0 Å². The van der Waals surface area contributed by atoms with Crippen LogP contribution in [-0.4, -0.2) is 25.3 Å². The number of hydrogen-bond acceptors (Lipinski definition) is 3. The van der Waals surface area contributed by atoms with Gasteiger partial charge < -0.3 is 14.6 Å². The third-order valence-electron chi connectivity index (χ3n) is 3.12. The van der Waals surface area contributed by atoms with Crippen molar-refractivity contribution in [3.8, 4) is 11.5 Å². The lowest BCUT2D eigenvalue weighted by molar-refractivity contribution is -0.140. The van der Waals surface area contributed by atoms with Gasteiger partial charge in [-0.25, -0.2) is 0 Å². The number of rotatable bonds is 4. The lowest BCUT2D eigenvalue weighted by atomic mass is 9.95. The van der Waals surface area contributed by atoms with Gasteiger partial charge >= 0.3 is 5.97 Å². The highest BCUT2D eigenvalue weighted by molar-refractivity contribution is 6.32. The molecule has 0 atom stereocenters. The smallest absolute Gasteiger partial charge is 0.314 e. The van der Waals surface area contributed by atoms with Crippen LogP contribution in [0.2, 0.25) is 5.02 Å². The predicted octanol–water partition coefficient (Wildman–Crippen LogP) is 2.47. The number of carbonyl (C=O) groups is 1. The highest BCUT2D eigenvalue weighted by atomic mass is 35.5. The van der Waals surface area contributed by atoms with E-state index in [2.05, 4.69) is 0 Å². The molecule has 1 fully saturated rings. The van der Waals surface area contributed by atoms with E-state index in [-0.39, 0.29) is 0 Å². The zero-order valence-corrected chi connectivity index (χ0v) is 10.4. The van der Waals surface area contributed by atoms with Crippen molar-refractivity contribution in [2.45, 2.75) is 18.3 Å². The first-order valence-electron chi connectivity index (χ1n) is 5.20. The van der Waals surface area contributed by atoms with Gasteiger partial charge in [0, 0.05) is 11.6 Å². The van der Waals surface area contributed by atoms with Crippen molar-refractivity contribution in [2.75, 3.05) is 14.2 Å². The summed E-state index contributed by atoms with van der Waals surface area (Å²) < 4.78 is 10.3. The molecule has 17 heavy (non-hydrogen) atoms. The van der Waals surface area contributed by atoms with Crippen LogP contribution in [-0.2, 0) is 10.2 Å². The van der Waals surface area contributed by atoms with E-state index in [1.54, 1.807) is 12.1 Å². The lowest BCUT2D eigenvalue weighted by Crippen LogP contribution is -2.21. The molecule has 4 nitrogen and oxygen atoms in total. The molecule has 1 N–H and O–H groups in total. The Bertz CT molecular complexity index is 466. The Morgan fingerprint density at radius 1 is 1.35 bits per heavy atom. The summed E-state index contributed by atoms with van der Waals surface area (Å²) in [4.78, 5) is 11.3. The number of halogens is 1. The van der Waals surface area contributed by atoms with Gasteiger partial charge in [0.1, 0.15) is 11.5 Å². The van der Waals surface area contributed by atoms with Gasteiger partial charge in [0.25, 0.3) is 0 Å². The average molecular weight is 257 g/mol. The van der Waals surface area contributed by atoms with Crippen LogP contribution in [0.1, 0.15) is 18.4 Å². The van der Waals surface area contributed by atoms with Crippen LogP contribution in [0.3, 0.4) is 0 Å². The maximum atomic E-state index is 11.3. The fraction of sp³-hybridized carbons (Fsp3) is 0.417. The van der Waals surface area contributed by atoms with Gasteiger partial charge in [-0.2, -0.15) is 0 Å². The van der Waals surface area contributed by atoms with E-state index in [9.17, 15) is 9.90 Å². The summed E-state index contributed by atoms with van der Waals surface area (Å²) in [5.74, 6) is 0.161. The zero-order chi connectivity index (χ0) is 12.6. The Kier molecular flexibility index (Phi) is 2.91. The van der Waals surface area contributed by atoms with Crippen LogP contribution in [0.5, 0.6) is 11.5 Å². The zero-order valence-electron chi connectivity index (χ0n) is 9.62. The summed E-state index contributed by atoms with van der Waals surface area (Å²) in [6, 6.07) is 3.27. The molecule has 0 amide bonds. The molecule has 0 saturated heterocycles. The first kappa shape index (κ1) is 12.0. The number of benzene rings is 1. The van der Waals surface area contributed by atoms with Crippen LogP contribution in [0.25, 0.3) is 0 Å². The molecule has 0 spiro atoms. The highest BCUT2D eigenvalue weighted by Crippen LogP contribution is 2.54. The van der Waals surface area contributed by atoms with E-state index in [4.69, 9.17) is 21.1 Å². The largest absolute Gasteiger partial charge is 0.497 e. The van der Waals surface area contributed by atoms with E-state index < -0.39 is 11.4 Å². The minimum atomic E-state index is -0.880. The van der Waals surface area contributed by atoms with Gasteiger partial charge in [-0.1, -0.05) is 11.6 Å². The Morgan fingerprint density at radius 3 is 2.41 bits per heavy atom. The average Bonchev–Trinajstić information content (AvgIpc) is 3.08. The summed E-state index contributed by atoms with van der Waals surface area (Å²) in [6.07, 6.45) is 1.18. The summed E-state index contributed by atoms with van der Waals surface area (Å²) in [5.41, 5.74) is -0.329. The molecule has 1 aromatic carbocycles. The molecule has 5 heteroatoms. The standard InChI is InChI=1S/C12H13ClO4/c1-16-7-5-8(13)10(9(6-7)17-2)12(3-4-12)11(14)15/h5-6H,3-4H2,1-2H3,(H,14,15). The molecule has 0 aromatic heterocycles. The first-order chi connectivity index (χ1) is 8.05. The van der Waals surface area contributed by atoms with Crippen molar-refractivity contribution in [1.82, 2.24) is 0 Å². The Balaban J connectivity index is 2.57.